The van der Waals surface area contributed by atoms with E-state index in [4.69, 9.17) is 0 Å². The summed E-state index contributed by atoms with van der Waals surface area (Å²) >= 11 is 0. The molecule has 0 fully saturated rings. The molecule has 1 aromatic heterocycles. The number of H-pyrrole nitrogens is 2. The third-order valence-corrected chi connectivity index (χ3v) is 0.636. The Hall–Kier alpha value is -1.39. The highest BCUT2D eigenvalue weighted by Crippen LogP contribution is 1.47. The third kappa shape index (κ3) is 0.810. The summed E-state index contributed by atoms with van der Waals surface area (Å²) in [5.74, 6) is 0. The molecule has 1 aromatic rings. The van der Waals surface area contributed by atoms with Crippen molar-refractivity contribution < 1.29 is 4.54 Å². The maximum atomic E-state index is 10.2. The highest BCUT2D eigenvalue weighted by molar-refractivity contribution is 4.54. The van der Waals surface area contributed by atoms with E-state index in [1.165, 1.54) is 6.20 Å². The highest BCUT2D eigenvalue weighted by atomic mass is 16.3. The van der Waals surface area contributed by atoms with Crippen molar-refractivity contribution in [3.63, 3.8) is 0 Å². The van der Waals surface area contributed by atoms with Gasteiger partial charge in [0.25, 0.3) is 6.20 Å². The number of nitrogens with one attached hydrogen (secondary N) is 2. The predicted octanol–water partition coefficient (Wildman–Crippen LogP) is -1.38. The molecule has 8 heavy (non-hydrogen) atoms. The van der Waals surface area contributed by atoms with Gasteiger partial charge in [-0.3, -0.25) is 0 Å². The molecule has 0 aliphatic rings. The van der Waals surface area contributed by atoms with Gasteiger partial charge in [-0.15, -0.1) is 0 Å². The third-order valence-electron chi connectivity index (χ3n) is 0.636. The molecule has 0 aromatic carbocycles. The van der Waals surface area contributed by atoms with Gasteiger partial charge in [0, 0.05) is 0 Å². The number of aromatic nitrogens is 3. The van der Waals surface area contributed by atoms with E-state index in [1.807, 2.05) is 5.10 Å². The van der Waals surface area contributed by atoms with E-state index in [1.54, 1.807) is 0 Å². The van der Waals surface area contributed by atoms with Crippen molar-refractivity contribution >= 4 is 0 Å². The van der Waals surface area contributed by atoms with E-state index in [9.17, 15) is 9.70 Å². The summed E-state index contributed by atoms with van der Waals surface area (Å²) in [5.41, 5.74) is -0.512. The lowest BCUT2D eigenvalue weighted by Crippen LogP contribution is -2.28. The van der Waals surface area contributed by atoms with Crippen LogP contribution in [0.25, 0.3) is 0 Å². The Morgan fingerprint density at radius 3 is 2.75 bits per heavy atom. The van der Waals surface area contributed by atoms with Crippen molar-refractivity contribution in [3.05, 3.63) is 27.8 Å². The van der Waals surface area contributed by atoms with Crippen LogP contribution in [0.4, 0.5) is 0 Å². The molecule has 2 N–H and O–H groups in total. The number of hydrogen-bond acceptors (Lipinski definition) is 2. The van der Waals surface area contributed by atoms with E-state index in [-0.39, 0.29) is 0 Å². The Bertz CT molecular complexity index is 247. The molecule has 1 heterocycles. The van der Waals surface area contributed by atoms with Crippen LogP contribution >= 0.6 is 0 Å². The summed E-state index contributed by atoms with van der Waals surface area (Å²) in [6.45, 7) is 0. The first-order valence-electron chi connectivity index (χ1n) is 1.99. The monoisotopic (exact) mass is 114 g/mol. The first-order chi connectivity index (χ1) is 3.79. The molecule has 0 amide bonds. The SMILES string of the molecule is O=c1[nH]cc[n+](=O)[nH]1. The fraction of sp³-hybridized carbons (Fsp3) is 0. The molecule has 0 aliphatic heterocycles. The van der Waals surface area contributed by atoms with Gasteiger partial charge in [0.15, 0.2) is 4.54 Å². The normalized spacial score (nSPS) is 9.00. The average Bonchev–Trinajstić information content (AvgIpc) is 1.64. The van der Waals surface area contributed by atoms with E-state index in [0.29, 0.717) is 4.54 Å². The zero-order valence-corrected chi connectivity index (χ0v) is 3.92. The number of rotatable bonds is 0. The summed E-state index contributed by atoms with van der Waals surface area (Å²) in [4.78, 5) is 22.5. The average molecular weight is 114 g/mol. The fourth-order valence-electron chi connectivity index (χ4n) is 0.350. The van der Waals surface area contributed by atoms with Crippen molar-refractivity contribution in [3.8, 4) is 0 Å². The van der Waals surface area contributed by atoms with Gasteiger partial charge in [0.1, 0.15) is 0 Å². The van der Waals surface area contributed by atoms with Gasteiger partial charge < -0.3 is 4.98 Å². The highest BCUT2D eigenvalue weighted by Gasteiger charge is 1.85. The molecule has 0 saturated carbocycles. The van der Waals surface area contributed by atoms with Gasteiger partial charge in [0.2, 0.25) is 0 Å². The van der Waals surface area contributed by atoms with Gasteiger partial charge in [-0.05, 0) is 0 Å². The maximum absolute atomic E-state index is 10.2. The summed E-state index contributed by atoms with van der Waals surface area (Å²) < 4.78 is 0.318. The number of aromatic amines is 2. The molecular weight excluding hydrogens is 110 g/mol. The molecule has 42 valence electrons. The van der Waals surface area contributed by atoms with Gasteiger partial charge in [0.05, 0.1) is 11.1 Å². The van der Waals surface area contributed by atoms with Crippen LogP contribution in [0, 0.1) is 4.91 Å². The zero-order chi connectivity index (χ0) is 5.98. The Kier molecular flexibility index (Phi) is 0.957. The van der Waals surface area contributed by atoms with Gasteiger partial charge in [-0.25, -0.2) is 4.79 Å². The van der Waals surface area contributed by atoms with Crippen molar-refractivity contribution in [1.82, 2.24) is 10.1 Å². The van der Waals surface area contributed by atoms with Crippen LogP contribution in [-0.2, 0) is 0 Å². The van der Waals surface area contributed by atoms with E-state index < -0.39 is 5.69 Å². The predicted molar refractivity (Wildman–Crippen MR) is 24.8 cm³/mol. The van der Waals surface area contributed by atoms with Crippen LogP contribution in [0.2, 0.25) is 0 Å². The molecule has 0 bridgehead atoms. The first-order valence-corrected chi connectivity index (χ1v) is 1.99. The Morgan fingerprint density at radius 2 is 2.38 bits per heavy atom. The largest absolute Gasteiger partial charge is 0.376 e. The lowest BCUT2D eigenvalue weighted by Gasteiger charge is -1.67. The minimum Gasteiger partial charge on any atom is -0.304 e. The van der Waals surface area contributed by atoms with Crippen LogP contribution in [0.5, 0.6) is 0 Å². The van der Waals surface area contributed by atoms with Gasteiger partial charge in [-0.1, -0.05) is 5.10 Å². The molecule has 1 rings (SSSR count). The number of nitrogens with zero attached hydrogens (tertiary/aromatic N) is 1. The second-order valence-electron chi connectivity index (χ2n) is 1.23. The lowest BCUT2D eigenvalue weighted by molar-refractivity contribution is -0.567. The standard InChI is InChI=1S/C3H3N3O2/c7-3-4-1-2-6(8)5-3/h1-2H,(H-,4,5,7,8)/p+1. The minimum atomic E-state index is -0.512. The van der Waals surface area contributed by atoms with Crippen LogP contribution in [-0.4, -0.2) is 10.1 Å². The van der Waals surface area contributed by atoms with Crippen LogP contribution in [0.1, 0.15) is 0 Å². The van der Waals surface area contributed by atoms with Crippen LogP contribution in [0.3, 0.4) is 0 Å². The molecule has 0 saturated heterocycles. The summed E-state index contributed by atoms with van der Waals surface area (Å²) in [6, 6.07) is 0. The number of hydrogen-bond donors (Lipinski definition) is 2. The van der Waals surface area contributed by atoms with E-state index in [0.717, 1.165) is 6.20 Å². The molecule has 5 heteroatoms. The molecule has 0 unspecified atom stereocenters. The maximum Gasteiger partial charge on any atom is 0.376 e. The van der Waals surface area contributed by atoms with Crippen molar-refractivity contribution in [1.29, 1.82) is 0 Å². The molecule has 0 aliphatic carbocycles. The Labute approximate surface area is 43.6 Å². The molecular formula is C3H4N3O2+. The summed E-state index contributed by atoms with van der Waals surface area (Å²) in [5, 5.41) is 1.92. The summed E-state index contributed by atoms with van der Waals surface area (Å²) in [6.07, 6.45) is 2.41. The van der Waals surface area contributed by atoms with E-state index >= 15 is 0 Å². The van der Waals surface area contributed by atoms with E-state index in [2.05, 4.69) is 4.98 Å². The minimum absolute atomic E-state index is 0.318. The quantitative estimate of drug-likeness (QED) is 0.408. The second-order valence-corrected chi connectivity index (χ2v) is 1.23. The van der Waals surface area contributed by atoms with Crippen molar-refractivity contribution in [2.45, 2.75) is 0 Å². The molecule has 0 atom stereocenters. The topological polar surface area (TPSA) is 71.6 Å². The van der Waals surface area contributed by atoms with Crippen molar-refractivity contribution in [2.24, 2.45) is 0 Å². The zero-order valence-electron chi connectivity index (χ0n) is 3.92. The Morgan fingerprint density at radius 1 is 1.62 bits per heavy atom. The first kappa shape index (κ1) is 4.76. The van der Waals surface area contributed by atoms with Gasteiger partial charge >= 0.3 is 5.69 Å². The summed E-state index contributed by atoms with van der Waals surface area (Å²) in [7, 11) is 0. The van der Waals surface area contributed by atoms with Crippen molar-refractivity contribution in [2.75, 3.05) is 0 Å². The second kappa shape index (κ2) is 1.61. The molecule has 0 radical (unpaired) electrons. The Balaban J connectivity index is 3.50. The smallest absolute Gasteiger partial charge is 0.304 e. The lowest BCUT2D eigenvalue weighted by atomic mass is 10.9. The van der Waals surface area contributed by atoms with Crippen LogP contribution in [0.15, 0.2) is 17.2 Å². The molecule has 0 spiro atoms. The van der Waals surface area contributed by atoms with Crippen LogP contribution < -0.4 is 10.2 Å². The van der Waals surface area contributed by atoms with Gasteiger partial charge in [-0.2, -0.15) is 0 Å². The fourth-order valence-corrected chi connectivity index (χ4v) is 0.350. The molecule has 5 nitrogen and oxygen atoms in total.